The van der Waals surface area contributed by atoms with Gasteiger partial charge in [0.2, 0.25) is 0 Å². The highest BCUT2D eigenvalue weighted by Crippen LogP contribution is 2.01. The minimum Gasteiger partial charge on any atom is -0.381 e. The molecule has 1 rings (SSSR count). The molecule has 0 aliphatic carbocycles. The number of halogens is 1. The second kappa shape index (κ2) is 4.06. The molecule has 0 bridgehead atoms. The van der Waals surface area contributed by atoms with Crippen molar-refractivity contribution in [3.63, 3.8) is 0 Å². The fourth-order valence-electron chi connectivity index (χ4n) is 0.687. The summed E-state index contributed by atoms with van der Waals surface area (Å²) < 4.78 is 5.07. The van der Waals surface area contributed by atoms with Gasteiger partial charge < -0.3 is 4.74 Å². The van der Waals surface area contributed by atoms with Crippen molar-refractivity contribution < 1.29 is 10.9 Å². The molecule has 7 heavy (non-hydrogen) atoms. The monoisotopic (exact) mass is 108 g/mol. The van der Waals surface area contributed by atoms with E-state index in [2.05, 4.69) is 0 Å². The van der Waals surface area contributed by atoms with Gasteiger partial charge in [-0.1, -0.05) is 0 Å². The molecule has 2 heteroatoms. The van der Waals surface area contributed by atoms with E-state index in [1.807, 2.05) is 0 Å². The normalized spacial score (nSPS) is 20.6. The smallest absolute Gasteiger partial charge is 0.0466 e. The van der Waals surface area contributed by atoms with E-state index in [9.17, 15) is 0 Å². The van der Waals surface area contributed by atoms with Crippen molar-refractivity contribution >= 4 is 0 Å². The average Bonchev–Trinajstić information content (AvgIpc) is 1.72. The summed E-state index contributed by atoms with van der Waals surface area (Å²) in [7, 11) is 0. The molecule has 0 amide bonds. The molecule has 0 aromatic carbocycles. The fraction of sp³-hybridized carbons (Fsp3) is 1.00. The Labute approximate surface area is 44.5 Å². The Kier molecular flexibility index (Phi) is 4.00. The van der Waals surface area contributed by atoms with Crippen LogP contribution in [0.5, 0.6) is 0 Å². The van der Waals surface area contributed by atoms with Crippen molar-refractivity contribution in [2.24, 2.45) is 0 Å². The van der Waals surface area contributed by atoms with Gasteiger partial charge in [0, 0.05) is 14.6 Å². The zero-order chi connectivity index (χ0) is 4.24. The lowest BCUT2D eigenvalue weighted by atomic mass is 10.2. The zero-order valence-corrected chi connectivity index (χ0v) is 4.35. The Hall–Kier alpha value is -0.110. The fourth-order valence-corrected chi connectivity index (χ4v) is 0.687. The van der Waals surface area contributed by atoms with Crippen LogP contribution in [0.4, 0.5) is 4.70 Å². The second-order valence-corrected chi connectivity index (χ2v) is 1.67. The van der Waals surface area contributed by atoms with Crippen LogP contribution < -0.4 is 0 Å². The van der Waals surface area contributed by atoms with Crippen molar-refractivity contribution in [2.45, 2.75) is 19.3 Å². The van der Waals surface area contributed by atoms with Gasteiger partial charge >= 0.3 is 0 Å². The Bertz CT molecular complexity index is 27.9. The van der Waals surface area contributed by atoms with E-state index >= 15 is 0 Å². The Morgan fingerprint density at radius 1 is 1.00 bits per heavy atom. The summed E-state index contributed by atoms with van der Waals surface area (Å²) in [6, 6.07) is 0. The number of ether oxygens (including phenoxy) is 1. The average molecular weight is 108 g/mol. The van der Waals surface area contributed by atoms with Gasteiger partial charge in [0.1, 0.15) is 0 Å². The molecule has 0 saturated carbocycles. The van der Waals surface area contributed by atoms with E-state index in [4.69, 9.17) is 4.74 Å². The van der Waals surface area contributed by atoms with Gasteiger partial charge in [0.05, 0.1) is 0 Å². The lowest BCUT2D eigenvalue weighted by Crippen LogP contribution is -2.03. The summed E-state index contributed by atoms with van der Waals surface area (Å²) in [5.41, 5.74) is 0. The first-order chi connectivity index (χ1) is 3.00. The van der Waals surface area contributed by atoms with Gasteiger partial charge in [0.15, 0.2) is 0 Å². The standard InChI is InChI=1S/C5H10O.FH.H2/c1-2-4-6-5-3-1;;/h1-5H2;2*1H. The zero-order valence-electron chi connectivity index (χ0n) is 4.35. The molecule has 0 N–H and O–H groups in total. The predicted octanol–water partition coefficient (Wildman–Crippen LogP) is 1.59. The largest absolute Gasteiger partial charge is 0.381 e. The summed E-state index contributed by atoms with van der Waals surface area (Å²) in [5, 5.41) is 0. The molecular formula is C5H13FO. The highest BCUT2D eigenvalue weighted by molar-refractivity contribution is 4.45. The third kappa shape index (κ3) is 2.57. The highest BCUT2D eigenvalue weighted by atomic mass is 19.0. The molecule has 0 radical (unpaired) electrons. The molecular weight excluding hydrogens is 95.1 g/mol. The van der Waals surface area contributed by atoms with Crippen LogP contribution in [0, 0.1) is 0 Å². The van der Waals surface area contributed by atoms with Crippen molar-refractivity contribution in [3.05, 3.63) is 0 Å². The van der Waals surface area contributed by atoms with Gasteiger partial charge in [-0.25, -0.2) is 0 Å². The van der Waals surface area contributed by atoms with E-state index in [0.717, 1.165) is 13.2 Å². The maximum Gasteiger partial charge on any atom is 0.0466 e. The van der Waals surface area contributed by atoms with Crippen molar-refractivity contribution in [1.82, 2.24) is 0 Å². The molecule has 46 valence electrons. The molecule has 1 fully saturated rings. The number of hydrogen-bond donors (Lipinski definition) is 0. The van der Waals surface area contributed by atoms with E-state index in [0.29, 0.717) is 0 Å². The van der Waals surface area contributed by atoms with Crippen LogP contribution in [-0.2, 0) is 4.74 Å². The van der Waals surface area contributed by atoms with Crippen LogP contribution in [0.25, 0.3) is 0 Å². The molecule has 1 nitrogen and oxygen atoms in total. The quantitative estimate of drug-likeness (QED) is 0.458. The van der Waals surface area contributed by atoms with Gasteiger partial charge in [0.25, 0.3) is 0 Å². The predicted molar refractivity (Wildman–Crippen MR) is 29.3 cm³/mol. The van der Waals surface area contributed by atoms with Crippen LogP contribution in [-0.4, -0.2) is 13.2 Å². The summed E-state index contributed by atoms with van der Waals surface area (Å²) in [5.74, 6) is 0. The van der Waals surface area contributed by atoms with Crippen LogP contribution in [0.1, 0.15) is 20.7 Å². The summed E-state index contributed by atoms with van der Waals surface area (Å²) in [6.07, 6.45) is 3.93. The first-order valence-corrected chi connectivity index (χ1v) is 2.58. The molecule has 0 spiro atoms. The summed E-state index contributed by atoms with van der Waals surface area (Å²) in [4.78, 5) is 0. The summed E-state index contributed by atoms with van der Waals surface area (Å²) in [6.45, 7) is 2.00. The number of hydrogen-bond acceptors (Lipinski definition) is 1. The van der Waals surface area contributed by atoms with Crippen LogP contribution in [0.2, 0.25) is 0 Å². The van der Waals surface area contributed by atoms with Crippen molar-refractivity contribution in [3.8, 4) is 0 Å². The molecule has 1 aliphatic heterocycles. The maximum atomic E-state index is 5.07. The maximum absolute atomic E-state index is 5.07. The molecule has 1 aliphatic rings. The number of rotatable bonds is 0. The minimum absolute atomic E-state index is 0. The van der Waals surface area contributed by atoms with E-state index in [1.54, 1.807) is 0 Å². The minimum atomic E-state index is 0. The van der Waals surface area contributed by atoms with Crippen molar-refractivity contribution in [1.29, 1.82) is 0 Å². The van der Waals surface area contributed by atoms with Gasteiger partial charge in [-0.05, 0) is 19.3 Å². The third-order valence-corrected chi connectivity index (χ3v) is 1.08. The second-order valence-electron chi connectivity index (χ2n) is 1.67. The Morgan fingerprint density at radius 3 is 1.71 bits per heavy atom. The topological polar surface area (TPSA) is 9.23 Å². The molecule has 0 atom stereocenters. The summed E-state index contributed by atoms with van der Waals surface area (Å²) >= 11 is 0. The molecule has 0 aromatic rings. The molecule has 0 aromatic heterocycles. The van der Waals surface area contributed by atoms with Gasteiger partial charge in [-0.2, -0.15) is 0 Å². The van der Waals surface area contributed by atoms with Crippen molar-refractivity contribution in [2.75, 3.05) is 13.2 Å². The van der Waals surface area contributed by atoms with Gasteiger partial charge in [-0.3, -0.25) is 4.70 Å². The highest BCUT2D eigenvalue weighted by Gasteiger charge is 1.94. The SMILES string of the molecule is C1CCOCC1.F.[HH]. The lowest BCUT2D eigenvalue weighted by molar-refractivity contribution is 0.0968. The first kappa shape index (κ1) is 6.89. The molecule has 1 heterocycles. The van der Waals surface area contributed by atoms with Gasteiger partial charge in [-0.15, -0.1) is 0 Å². The van der Waals surface area contributed by atoms with Crippen LogP contribution in [0.15, 0.2) is 0 Å². The third-order valence-electron chi connectivity index (χ3n) is 1.08. The van der Waals surface area contributed by atoms with E-state index in [1.165, 1.54) is 19.3 Å². The van der Waals surface area contributed by atoms with E-state index < -0.39 is 0 Å². The molecule has 1 saturated heterocycles. The first-order valence-electron chi connectivity index (χ1n) is 2.58. The Morgan fingerprint density at radius 2 is 1.57 bits per heavy atom. The lowest BCUT2D eigenvalue weighted by Gasteiger charge is -2.08. The van der Waals surface area contributed by atoms with Crippen LogP contribution in [0.3, 0.4) is 0 Å². The van der Waals surface area contributed by atoms with E-state index in [-0.39, 0.29) is 6.13 Å². The molecule has 0 unspecified atom stereocenters. The van der Waals surface area contributed by atoms with Crippen LogP contribution >= 0.6 is 0 Å². The Balaban J connectivity index is 0.